The van der Waals surface area contributed by atoms with Gasteiger partial charge in [-0.1, -0.05) is 6.07 Å². The molecule has 128 valence electrons. The van der Waals surface area contributed by atoms with Crippen LogP contribution in [0.4, 0.5) is 8.78 Å². The molecule has 1 aromatic rings. The number of halogens is 2. The number of ether oxygens (including phenoxy) is 1. The molecule has 2 rings (SSSR count). The fraction of sp³-hybridized carbons (Fsp3) is 0.562. The summed E-state index contributed by atoms with van der Waals surface area (Å²) in [6.45, 7) is 1.87. The Morgan fingerprint density at radius 1 is 1.38 bits per heavy atom. The number of nitrogens with zero attached hydrogens (tertiary/aromatic N) is 1. The van der Waals surface area contributed by atoms with Gasteiger partial charge in [0.05, 0.1) is 12.7 Å². The molecule has 1 heterocycles. The van der Waals surface area contributed by atoms with Gasteiger partial charge in [-0.05, 0) is 37.1 Å². The van der Waals surface area contributed by atoms with E-state index in [4.69, 9.17) is 9.84 Å². The third-order valence-electron chi connectivity index (χ3n) is 4.07. The first-order chi connectivity index (χ1) is 11.0. The summed E-state index contributed by atoms with van der Waals surface area (Å²) in [5.41, 5.74) is 0.556. The van der Waals surface area contributed by atoms with Gasteiger partial charge in [0, 0.05) is 31.6 Å². The Hall–Kier alpha value is 0.0664. The summed E-state index contributed by atoms with van der Waals surface area (Å²) in [6.07, 6.45) is 0.158. The van der Waals surface area contributed by atoms with E-state index in [0.717, 1.165) is 12.1 Å². The van der Waals surface area contributed by atoms with Gasteiger partial charge in [0.25, 0.3) is 0 Å². The molecule has 2 unspecified atom stereocenters. The predicted molar refractivity (Wildman–Crippen MR) is 76.3 cm³/mol. The molecule has 1 N–H and O–H groups in total. The van der Waals surface area contributed by atoms with E-state index in [1.807, 2.05) is 4.90 Å². The Morgan fingerprint density at radius 2 is 2.12 bits per heavy atom. The zero-order valence-corrected chi connectivity index (χ0v) is 16.8. The van der Waals surface area contributed by atoms with Gasteiger partial charge in [0.1, 0.15) is 0 Å². The van der Waals surface area contributed by atoms with Gasteiger partial charge in [0.2, 0.25) is 0 Å². The minimum absolute atomic E-state index is 0. The summed E-state index contributed by atoms with van der Waals surface area (Å²) in [6, 6.07) is 3.68. The number of carboxylic acid groups (broad SMARTS) is 1. The van der Waals surface area contributed by atoms with Gasteiger partial charge in [-0.3, -0.25) is 4.90 Å². The monoisotopic (exact) mass is 367 g/mol. The molecule has 0 bridgehead atoms. The summed E-state index contributed by atoms with van der Waals surface area (Å²) in [7, 11) is 0. The molecule has 0 spiro atoms. The van der Waals surface area contributed by atoms with Crippen molar-refractivity contribution >= 4 is 5.97 Å². The number of morpholine rings is 1. The zero-order chi connectivity index (χ0) is 16.8. The number of carbonyl (C=O) groups is 1. The van der Waals surface area contributed by atoms with Gasteiger partial charge >= 0.3 is 51.4 Å². The normalized spacial score (nSPS) is 19.5. The Balaban J connectivity index is 0.00000288. The number of hydrogen-bond donors (Lipinski definition) is 1. The van der Waals surface area contributed by atoms with Gasteiger partial charge < -0.3 is 19.7 Å². The standard InChI is InChI=1S/C16H21F2NO4.K/c17-13-2-1-12(9-14(13)18)15-10-19(6-8-23-15)5-3-11(4-7-20)16(21)22;/h1-2,9,11,15,20H,3-8,10H2,(H,21,22);/q;+1/p-1. The first kappa shape index (κ1) is 22.1. The molecule has 1 aromatic carbocycles. The van der Waals surface area contributed by atoms with Crippen LogP contribution in [0.15, 0.2) is 18.2 Å². The fourth-order valence-electron chi connectivity index (χ4n) is 2.69. The third-order valence-corrected chi connectivity index (χ3v) is 4.07. The molecule has 2 atom stereocenters. The van der Waals surface area contributed by atoms with Crippen molar-refractivity contribution in [2.24, 2.45) is 5.92 Å². The minimum atomic E-state index is -1.16. The predicted octanol–water partition coefficient (Wildman–Crippen LogP) is -2.52. The van der Waals surface area contributed by atoms with E-state index in [1.54, 1.807) is 0 Å². The number of carbonyl (C=O) groups excluding carboxylic acids is 1. The summed E-state index contributed by atoms with van der Waals surface area (Å²) in [5.74, 6) is -3.67. The zero-order valence-electron chi connectivity index (χ0n) is 13.7. The molecule has 1 saturated heterocycles. The van der Waals surface area contributed by atoms with Crippen molar-refractivity contribution in [3.63, 3.8) is 0 Å². The molecular weight excluding hydrogens is 347 g/mol. The maximum Gasteiger partial charge on any atom is 1.00 e. The van der Waals surface area contributed by atoms with Crippen molar-refractivity contribution in [3.05, 3.63) is 35.4 Å². The average molecular weight is 367 g/mol. The van der Waals surface area contributed by atoms with Crippen LogP contribution in [0.25, 0.3) is 0 Å². The topological polar surface area (TPSA) is 72.8 Å². The van der Waals surface area contributed by atoms with Crippen molar-refractivity contribution in [1.82, 2.24) is 4.90 Å². The van der Waals surface area contributed by atoms with E-state index in [9.17, 15) is 18.7 Å². The van der Waals surface area contributed by atoms with Crippen molar-refractivity contribution < 1.29 is 79.9 Å². The van der Waals surface area contributed by atoms with Crippen molar-refractivity contribution in [3.8, 4) is 0 Å². The van der Waals surface area contributed by atoms with Crippen molar-refractivity contribution in [2.45, 2.75) is 18.9 Å². The van der Waals surface area contributed by atoms with Crippen LogP contribution in [0.3, 0.4) is 0 Å². The van der Waals surface area contributed by atoms with E-state index < -0.39 is 23.5 Å². The van der Waals surface area contributed by atoms with E-state index in [0.29, 0.717) is 38.2 Å². The van der Waals surface area contributed by atoms with Crippen LogP contribution >= 0.6 is 0 Å². The van der Waals surface area contributed by atoms with E-state index >= 15 is 0 Å². The minimum Gasteiger partial charge on any atom is -0.550 e. The SMILES string of the molecule is O=C([O-])C(CCO)CCN1CCOC(c2ccc(F)c(F)c2)C1.[K+]. The van der Waals surface area contributed by atoms with Crippen LogP contribution in [0.2, 0.25) is 0 Å². The van der Waals surface area contributed by atoms with E-state index in [2.05, 4.69) is 0 Å². The molecule has 1 aliphatic heterocycles. The molecule has 8 heteroatoms. The maximum absolute atomic E-state index is 13.3. The Kier molecular flexibility index (Phi) is 10.1. The van der Waals surface area contributed by atoms with Crippen molar-refractivity contribution in [1.29, 1.82) is 0 Å². The van der Waals surface area contributed by atoms with Crippen LogP contribution < -0.4 is 56.5 Å². The molecule has 1 fully saturated rings. The molecule has 24 heavy (non-hydrogen) atoms. The second-order valence-electron chi connectivity index (χ2n) is 5.65. The van der Waals surface area contributed by atoms with Gasteiger partial charge in [-0.25, -0.2) is 8.78 Å². The quantitative estimate of drug-likeness (QED) is 0.539. The summed E-state index contributed by atoms with van der Waals surface area (Å²) < 4.78 is 31.9. The molecule has 1 aliphatic rings. The average Bonchev–Trinajstić information content (AvgIpc) is 2.54. The number of aliphatic carboxylic acids is 1. The molecular formula is C16H20F2KNO4. The number of benzene rings is 1. The van der Waals surface area contributed by atoms with Crippen LogP contribution in [0.1, 0.15) is 24.5 Å². The Labute approximate surface area is 182 Å². The second-order valence-corrected chi connectivity index (χ2v) is 5.65. The number of aliphatic hydroxyl groups is 1. The van der Waals surface area contributed by atoms with Crippen LogP contribution in [-0.4, -0.2) is 48.8 Å². The molecule has 0 aromatic heterocycles. The van der Waals surface area contributed by atoms with Crippen molar-refractivity contribution in [2.75, 3.05) is 32.8 Å². The van der Waals surface area contributed by atoms with E-state index in [1.165, 1.54) is 6.07 Å². The summed E-state index contributed by atoms with van der Waals surface area (Å²) >= 11 is 0. The fourth-order valence-corrected chi connectivity index (χ4v) is 2.69. The van der Waals surface area contributed by atoms with E-state index in [-0.39, 0.29) is 70.5 Å². The largest absolute Gasteiger partial charge is 1.00 e. The van der Waals surface area contributed by atoms with Crippen LogP contribution in [-0.2, 0) is 9.53 Å². The first-order valence-corrected chi connectivity index (χ1v) is 7.62. The second kappa shape index (κ2) is 10.9. The molecule has 0 saturated carbocycles. The number of carboxylic acids is 1. The maximum atomic E-state index is 13.3. The first-order valence-electron chi connectivity index (χ1n) is 7.62. The third kappa shape index (κ3) is 6.42. The van der Waals surface area contributed by atoms with Crippen LogP contribution in [0, 0.1) is 17.6 Å². The number of hydrogen-bond acceptors (Lipinski definition) is 5. The smallest absolute Gasteiger partial charge is 0.550 e. The Morgan fingerprint density at radius 3 is 2.75 bits per heavy atom. The van der Waals surface area contributed by atoms with Gasteiger partial charge in [-0.15, -0.1) is 0 Å². The molecule has 0 amide bonds. The van der Waals surface area contributed by atoms with Crippen LogP contribution in [0.5, 0.6) is 0 Å². The number of aliphatic hydroxyl groups excluding tert-OH is 1. The number of rotatable bonds is 7. The molecule has 0 aliphatic carbocycles. The van der Waals surface area contributed by atoms with Gasteiger partial charge in [-0.2, -0.15) is 0 Å². The molecule has 0 radical (unpaired) electrons. The Bertz CT molecular complexity index is 547. The molecule has 5 nitrogen and oxygen atoms in total. The van der Waals surface area contributed by atoms with Gasteiger partial charge in [0.15, 0.2) is 11.6 Å². The summed E-state index contributed by atoms with van der Waals surface area (Å²) in [5, 5.41) is 19.8. The summed E-state index contributed by atoms with van der Waals surface area (Å²) in [4.78, 5) is 13.0.